The smallest absolute Gasteiger partial charge is 0.271 e. The average Bonchev–Trinajstić information content (AvgIpc) is 3.14. The first-order valence-electron chi connectivity index (χ1n) is 8.68. The third-order valence-corrected chi connectivity index (χ3v) is 5.02. The lowest BCUT2D eigenvalue weighted by Gasteiger charge is -2.18. The Morgan fingerprint density at radius 2 is 2.11 bits per heavy atom. The standard InChI is InChI=1S/C20H19ClN2O4/c1-12-16(10-22)19(25)23(11-15-3-2-8-27-15)20(26)18(12)17(24)9-13-4-6-14(21)7-5-13/h4-7,15,26H,2-3,8-9,11H2,1H3. The molecule has 0 bridgehead atoms. The number of Topliss-reactive ketones (excluding diaryl/α,β-unsaturated/α-hetero) is 1. The van der Waals surface area contributed by atoms with E-state index in [4.69, 9.17) is 16.3 Å². The van der Waals surface area contributed by atoms with Gasteiger partial charge in [0, 0.05) is 18.1 Å². The zero-order valence-electron chi connectivity index (χ0n) is 14.9. The lowest BCUT2D eigenvalue weighted by molar-refractivity contribution is 0.0923. The molecule has 7 heteroatoms. The minimum atomic E-state index is -0.606. The van der Waals surface area contributed by atoms with Crippen LogP contribution in [0.4, 0.5) is 0 Å². The van der Waals surface area contributed by atoms with E-state index in [1.807, 2.05) is 6.07 Å². The SMILES string of the molecule is Cc1c(C(=O)Cc2ccc(Cl)cc2)c(O)n(CC2CCCO2)c(=O)c1C#N. The number of ether oxygens (including phenoxy) is 1. The number of ketones is 1. The number of carbonyl (C=O) groups excluding carboxylic acids is 1. The lowest BCUT2D eigenvalue weighted by Crippen LogP contribution is -2.30. The number of hydrogen-bond donors (Lipinski definition) is 1. The summed E-state index contributed by atoms with van der Waals surface area (Å²) in [6.07, 6.45) is 1.44. The Kier molecular flexibility index (Phi) is 5.64. The minimum Gasteiger partial charge on any atom is -0.494 e. The molecule has 0 amide bonds. The Balaban J connectivity index is 2.02. The zero-order chi connectivity index (χ0) is 19.6. The molecule has 1 fully saturated rings. The summed E-state index contributed by atoms with van der Waals surface area (Å²) < 4.78 is 6.61. The topological polar surface area (TPSA) is 92.3 Å². The number of pyridine rings is 1. The molecule has 1 aliphatic heterocycles. The van der Waals surface area contributed by atoms with E-state index in [2.05, 4.69) is 0 Å². The van der Waals surface area contributed by atoms with Gasteiger partial charge in [0.25, 0.3) is 5.56 Å². The monoisotopic (exact) mass is 386 g/mol. The number of halogens is 1. The van der Waals surface area contributed by atoms with E-state index < -0.39 is 11.4 Å². The number of nitriles is 1. The summed E-state index contributed by atoms with van der Waals surface area (Å²) in [5, 5.41) is 20.6. The van der Waals surface area contributed by atoms with Gasteiger partial charge >= 0.3 is 0 Å². The summed E-state index contributed by atoms with van der Waals surface area (Å²) in [7, 11) is 0. The van der Waals surface area contributed by atoms with Crippen LogP contribution in [0, 0.1) is 18.3 Å². The molecule has 1 aliphatic rings. The van der Waals surface area contributed by atoms with Gasteiger partial charge in [-0.15, -0.1) is 0 Å². The van der Waals surface area contributed by atoms with Crippen molar-refractivity contribution in [1.82, 2.24) is 4.57 Å². The molecule has 27 heavy (non-hydrogen) atoms. The van der Waals surface area contributed by atoms with Gasteiger partial charge in [-0.1, -0.05) is 23.7 Å². The van der Waals surface area contributed by atoms with Gasteiger partial charge in [-0.05, 0) is 43.0 Å². The molecule has 0 spiro atoms. The van der Waals surface area contributed by atoms with E-state index in [1.54, 1.807) is 24.3 Å². The minimum absolute atomic E-state index is 0.000836. The molecule has 2 heterocycles. The van der Waals surface area contributed by atoms with Crippen molar-refractivity contribution in [1.29, 1.82) is 5.26 Å². The molecular formula is C20H19ClN2O4. The van der Waals surface area contributed by atoms with E-state index in [-0.39, 0.29) is 41.5 Å². The first-order valence-corrected chi connectivity index (χ1v) is 9.06. The fourth-order valence-corrected chi connectivity index (χ4v) is 3.45. The molecule has 1 N–H and O–H groups in total. The second kappa shape index (κ2) is 7.95. The van der Waals surface area contributed by atoms with Crippen molar-refractivity contribution in [3.8, 4) is 11.9 Å². The third kappa shape index (κ3) is 3.90. The number of benzene rings is 1. The molecule has 0 radical (unpaired) electrons. The molecule has 1 atom stereocenters. The number of aromatic nitrogens is 1. The maximum Gasteiger partial charge on any atom is 0.271 e. The highest BCUT2D eigenvalue weighted by Crippen LogP contribution is 2.25. The third-order valence-electron chi connectivity index (χ3n) is 4.77. The summed E-state index contributed by atoms with van der Waals surface area (Å²) in [6.45, 7) is 2.21. The number of carbonyl (C=O) groups is 1. The average molecular weight is 387 g/mol. The maximum atomic E-state index is 12.9. The number of nitrogens with zero attached hydrogens (tertiary/aromatic N) is 2. The van der Waals surface area contributed by atoms with Crippen molar-refractivity contribution in [3.05, 3.63) is 61.9 Å². The summed E-state index contributed by atoms with van der Waals surface area (Å²) in [4.78, 5) is 25.5. The van der Waals surface area contributed by atoms with Crippen molar-refractivity contribution in [2.45, 2.75) is 38.8 Å². The van der Waals surface area contributed by atoms with Crippen LogP contribution in [0.25, 0.3) is 0 Å². The van der Waals surface area contributed by atoms with Crippen molar-refractivity contribution >= 4 is 17.4 Å². The van der Waals surface area contributed by atoms with Crippen LogP contribution in [-0.2, 0) is 17.7 Å². The van der Waals surface area contributed by atoms with Gasteiger partial charge in [-0.3, -0.25) is 14.2 Å². The molecule has 1 saturated heterocycles. The second-order valence-corrected chi connectivity index (χ2v) is 7.02. The van der Waals surface area contributed by atoms with Crippen LogP contribution in [-0.4, -0.2) is 28.2 Å². The molecule has 1 unspecified atom stereocenters. The van der Waals surface area contributed by atoms with Crippen LogP contribution in [0.2, 0.25) is 5.02 Å². The Bertz CT molecular complexity index is 967. The molecule has 3 rings (SSSR count). The molecule has 0 saturated carbocycles. The predicted octanol–water partition coefficient (Wildman–Crippen LogP) is 2.99. The van der Waals surface area contributed by atoms with Gasteiger partial charge < -0.3 is 9.84 Å². The summed E-state index contributed by atoms with van der Waals surface area (Å²) >= 11 is 5.86. The van der Waals surface area contributed by atoms with E-state index >= 15 is 0 Å². The number of rotatable bonds is 5. The van der Waals surface area contributed by atoms with Crippen LogP contribution < -0.4 is 5.56 Å². The van der Waals surface area contributed by atoms with Crippen LogP contribution in [0.1, 0.15) is 39.9 Å². The highest BCUT2D eigenvalue weighted by Gasteiger charge is 2.26. The van der Waals surface area contributed by atoms with E-state index in [0.717, 1.165) is 23.0 Å². The van der Waals surface area contributed by atoms with Gasteiger partial charge in [-0.2, -0.15) is 5.26 Å². The Morgan fingerprint density at radius 1 is 1.41 bits per heavy atom. The summed E-state index contributed by atoms with van der Waals surface area (Å²) in [5.74, 6) is -0.782. The number of aromatic hydroxyl groups is 1. The van der Waals surface area contributed by atoms with Crippen LogP contribution >= 0.6 is 11.6 Å². The summed E-state index contributed by atoms with van der Waals surface area (Å²) in [5.41, 5.74) is 0.177. The maximum absolute atomic E-state index is 12.9. The Hall–Kier alpha value is -2.62. The van der Waals surface area contributed by atoms with Crippen molar-refractivity contribution in [2.75, 3.05) is 6.61 Å². The van der Waals surface area contributed by atoms with E-state index in [1.165, 1.54) is 6.92 Å². The highest BCUT2D eigenvalue weighted by atomic mass is 35.5. The first kappa shape index (κ1) is 19.2. The molecular weight excluding hydrogens is 368 g/mol. The zero-order valence-corrected chi connectivity index (χ0v) is 15.6. The van der Waals surface area contributed by atoms with E-state index in [0.29, 0.717) is 11.6 Å². The van der Waals surface area contributed by atoms with E-state index in [9.17, 15) is 20.0 Å². The van der Waals surface area contributed by atoms with Crippen molar-refractivity contribution in [2.24, 2.45) is 0 Å². The van der Waals surface area contributed by atoms with Crippen molar-refractivity contribution < 1.29 is 14.6 Å². The van der Waals surface area contributed by atoms with Gasteiger partial charge in [0.15, 0.2) is 5.78 Å². The van der Waals surface area contributed by atoms with Crippen LogP contribution in [0.15, 0.2) is 29.1 Å². The van der Waals surface area contributed by atoms with Crippen LogP contribution in [0.5, 0.6) is 5.88 Å². The van der Waals surface area contributed by atoms with Gasteiger partial charge in [-0.25, -0.2) is 0 Å². The Morgan fingerprint density at radius 3 is 2.70 bits per heavy atom. The normalized spacial score (nSPS) is 16.3. The molecule has 1 aromatic carbocycles. The van der Waals surface area contributed by atoms with Gasteiger partial charge in [0.2, 0.25) is 5.88 Å². The first-order chi connectivity index (χ1) is 12.9. The van der Waals surface area contributed by atoms with Gasteiger partial charge in [0.05, 0.1) is 18.2 Å². The number of hydrogen-bond acceptors (Lipinski definition) is 5. The van der Waals surface area contributed by atoms with Gasteiger partial charge in [0.1, 0.15) is 11.6 Å². The summed E-state index contributed by atoms with van der Waals surface area (Å²) in [6, 6.07) is 8.67. The quantitative estimate of drug-likeness (QED) is 0.797. The fraction of sp³-hybridized carbons (Fsp3) is 0.350. The predicted molar refractivity (Wildman–Crippen MR) is 100 cm³/mol. The second-order valence-electron chi connectivity index (χ2n) is 6.59. The molecule has 2 aromatic rings. The molecule has 6 nitrogen and oxygen atoms in total. The van der Waals surface area contributed by atoms with Crippen LogP contribution in [0.3, 0.4) is 0 Å². The molecule has 0 aliphatic carbocycles. The Labute approximate surface area is 161 Å². The highest BCUT2D eigenvalue weighted by molar-refractivity contribution is 6.30. The lowest BCUT2D eigenvalue weighted by atomic mass is 9.97. The largest absolute Gasteiger partial charge is 0.494 e. The van der Waals surface area contributed by atoms with Crippen molar-refractivity contribution in [3.63, 3.8) is 0 Å². The molecule has 1 aromatic heterocycles. The fourth-order valence-electron chi connectivity index (χ4n) is 3.32. The molecule has 140 valence electrons.